The van der Waals surface area contributed by atoms with Crippen molar-refractivity contribution < 1.29 is 0 Å². The summed E-state index contributed by atoms with van der Waals surface area (Å²) in [7, 11) is 0. The van der Waals surface area contributed by atoms with Gasteiger partial charge in [0, 0.05) is 16.0 Å². The Balaban J connectivity index is 1.96. The Labute approximate surface area is 160 Å². The Morgan fingerprint density at radius 1 is 0.920 bits per heavy atom. The average molecular weight is 382 g/mol. The molecule has 0 saturated carbocycles. The van der Waals surface area contributed by atoms with E-state index in [2.05, 4.69) is 49.6 Å². The predicted octanol–water partition coefficient (Wildman–Crippen LogP) is 7.48. The Morgan fingerprint density at radius 2 is 1.64 bits per heavy atom. The fourth-order valence-corrected chi connectivity index (χ4v) is 5.23. The molecule has 4 heteroatoms. The van der Waals surface area contributed by atoms with Gasteiger partial charge in [-0.2, -0.15) is 0 Å². The summed E-state index contributed by atoms with van der Waals surface area (Å²) in [5.74, 6) is 0. The van der Waals surface area contributed by atoms with E-state index in [9.17, 15) is 0 Å². The third-order valence-electron chi connectivity index (χ3n) is 4.09. The zero-order chi connectivity index (χ0) is 17.4. The van der Waals surface area contributed by atoms with Crippen LogP contribution in [0.15, 0.2) is 60.0 Å². The van der Waals surface area contributed by atoms with Gasteiger partial charge in [-0.05, 0) is 42.5 Å². The van der Waals surface area contributed by atoms with E-state index in [-0.39, 0.29) is 0 Å². The molecule has 2 aromatic carbocycles. The topological polar surface area (TPSA) is 12.9 Å². The largest absolute Gasteiger partial charge is 0.235 e. The maximum atomic E-state index is 6.42. The Hall–Kier alpha value is -1.94. The van der Waals surface area contributed by atoms with Gasteiger partial charge in [-0.15, -0.1) is 22.7 Å². The van der Waals surface area contributed by atoms with E-state index in [0.29, 0.717) is 0 Å². The van der Waals surface area contributed by atoms with E-state index in [1.54, 1.807) is 22.7 Å². The van der Waals surface area contributed by atoms with Crippen molar-refractivity contribution in [3.63, 3.8) is 0 Å². The van der Waals surface area contributed by atoms with Gasteiger partial charge in [0.2, 0.25) is 0 Å². The van der Waals surface area contributed by atoms with Crippen LogP contribution < -0.4 is 0 Å². The average Bonchev–Trinajstić information content (AvgIpc) is 3.22. The van der Waals surface area contributed by atoms with Crippen molar-refractivity contribution in [2.75, 3.05) is 0 Å². The Morgan fingerprint density at radius 3 is 2.32 bits per heavy atom. The van der Waals surface area contributed by atoms with Crippen LogP contribution >= 0.6 is 34.3 Å². The van der Waals surface area contributed by atoms with Crippen molar-refractivity contribution in [1.82, 2.24) is 4.98 Å². The number of hydrogen-bond donors (Lipinski definition) is 0. The molecule has 0 radical (unpaired) electrons. The minimum absolute atomic E-state index is 0.737. The number of benzene rings is 2. The summed E-state index contributed by atoms with van der Waals surface area (Å²) in [6, 6.07) is 18.5. The Kier molecular flexibility index (Phi) is 4.46. The van der Waals surface area contributed by atoms with Crippen molar-refractivity contribution in [3.05, 3.63) is 76.1 Å². The summed E-state index contributed by atoms with van der Waals surface area (Å²) in [4.78, 5) is 7.47. The number of aryl methyl sites for hydroxylation is 2. The van der Waals surface area contributed by atoms with Crippen molar-refractivity contribution in [2.45, 2.75) is 13.8 Å². The summed E-state index contributed by atoms with van der Waals surface area (Å²) in [5.41, 5.74) is 5.72. The van der Waals surface area contributed by atoms with Gasteiger partial charge in [-0.1, -0.05) is 54.1 Å². The van der Waals surface area contributed by atoms with Gasteiger partial charge in [-0.25, -0.2) is 4.98 Å². The lowest BCUT2D eigenvalue weighted by Gasteiger charge is -2.04. The Bertz CT molecular complexity index is 1050. The summed E-state index contributed by atoms with van der Waals surface area (Å²) in [6.45, 7) is 4.26. The highest BCUT2D eigenvalue weighted by molar-refractivity contribution is 7.23. The number of thiazole rings is 1. The van der Waals surface area contributed by atoms with Crippen LogP contribution in [0.2, 0.25) is 5.02 Å². The second-order valence-electron chi connectivity index (χ2n) is 5.98. The van der Waals surface area contributed by atoms with Gasteiger partial charge in [0.25, 0.3) is 0 Å². The van der Waals surface area contributed by atoms with Gasteiger partial charge in [0.1, 0.15) is 5.01 Å². The van der Waals surface area contributed by atoms with Crippen LogP contribution in [0.1, 0.15) is 11.1 Å². The number of hydrogen-bond acceptors (Lipinski definition) is 3. The minimum atomic E-state index is 0.737. The van der Waals surface area contributed by atoms with Gasteiger partial charge in [-0.3, -0.25) is 0 Å². The molecule has 0 amide bonds. The molecular formula is C21H16ClNS2. The van der Waals surface area contributed by atoms with Crippen molar-refractivity contribution in [3.8, 4) is 31.6 Å². The normalized spacial score (nSPS) is 11.0. The van der Waals surface area contributed by atoms with Crippen LogP contribution in [0.3, 0.4) is 0 Å². The first-order chi connectivity index (χ1) is 12.1. The van der Waals surface area contributed by atoms with E-state index in [0.717, 1.165) is 21.3 Å². The quantitative estimate of drug-likeness (QED) is 0.358. The molecule has 124 valence electrons. The molecule has 4 aromatic rings. The molecule has 1 nitrogen and oxygen atoms in total. The molecule has 0 saturated heterocycles. The maximum Gasteiger partial charge on any atom is 0.126 e. The van der Waals surface area contributed by atoms with Gasteiger partial charge < -0.3 is 0 Å². The molecule has 0 fully saturated rings. The zero-order valence-electron chi connectivity index (χ0n) is 13.9. The number of rotatable bonds is 3. The summed E-state index contributed by atoms with van der Waals surface area (Å²) < 4.78 is 0. The number of aromatic nitrogens is 1. The SMILES string of the molecule is Cc1csc(-c2sc(-c3ccccc3Cl)nc2-c2ccccc2C)c1. The lowest BCUT2D eigenvalue weighted by molar-refractivity contribution is 1.37. The smallest absolute Gasteiger partial charge is 0.126 e. The second-order valence-corrected chi connectivity index (χ2v) is 8.30. The monoisotopic (exact) mass is 381 g/mol. The maximum absolute atomic E-state index is 6.42. The highest BCUT2D eigenvalue weighted by Gasteiger charge is 2.19. The first-order valence-electron chi connectivity index (χ1n) is 8.00. The van der Waals surface area contributed by atoms with Crippen molar-refractivity contribution >= 4 is 34.3 Å². The van der Waals surface area contributed by atoms with E-state index in [1.807, 2.05) is 24.3 Å². The van der Waals surface area contributed by atoms with Crippen LogP contribution in [0, 0.1) is 13.8 Å². The molecule has 0 spiro atoms. The first kappa shape index (κ1) is 16.5. The van der Waals surface area contributed by atoms with Crippen LogP contribution in [0.5, 0.6) is 0 Å². The first-order valence-corrected chi connectivity index (χ1v) is 10.1. The van der Waals surface area contributed by atoms with E-state index >= 15 is 0 Å². The summed E-state index contributed by atoms with van der Waals surface area (Å²) in [6.07, 6.45) is 0. The van der Waals surface area contributed by atoms with Gasteiger partial charge >= 0.3 is 0 Å². The van der Waals surface area contributed by atoms with Crippen molar-refractivity contribution in [2.24, 2.45) is 0 Å². The summed E-state index contributed by atoms with van der Waals surface area (Å²) >= 11 is 9.90. The van der Waals surface area contributed by atoms with E-state index < -0.39 is 0 Å². The molecule has 2 aromatic heterocycles. The standard InChI is InChI=1S/C21H16ClNS2/c1-13-11-18(24-12-13)20-19(15-8-4-3-7-14(15)2)23-21(25-20)16-9-5-6-10-17(16)22/h3-12H,1-2H3. The predicted molar refractivity (Wildman–Crippen MR) is 111 cm³/mol. The fraction of sp³-hybridized carbons (Fsp3) is 0.0952. The van der Waals surface area contributed by atoms with E-state index in [4.69, 9.17) is 16.6 Å². The number of halogens is 1. The third-order valence-corrected chi connectivity index (χ3v) is 6.73. The molecule has 4 rings (SSSR count). The van der Waals surface area contributed by atoms with E-state index in [1.165, 1.54) is 26.4 Å². The second kappa shape index (κ2) is 6.75. The molecular weight excluding hydrogens is 366 g/mol. The molecule has 0 aliphatic carbocycles. The zero-order valence-corrected chi connectivity index (χ0v) is 16.3. The molecule has 0 aliphatic heterocycles. The lowest BCUT2D eigenvalue weighted by atomic mass is 10.0. The summed E-state index contributed by atoms with van der Waals surface area (Å²) in [5, 5.41) is 3.89. The molecule has 0 aliphatic rings. The minimum Gasteiger partial charge on any atom is -0.235 e. The highest BCUT2D eigenvalue weighted by atomic mass is 35.5. The molecule has 0 N–H and O–H groups in total. The van der Waals surface area contributed by atoms with Gasteiger partial charge in [0.15, 0.2) is 0 Å². The van der Waals surface area contributed by atoms with Crippen LogP contribution in [-0.2, 0) is 0 Å². The molecule has 0 unspecified atom stereocenters. The third kappa shape index (κ3) is 3.15. The fourth-order valence-electron chi connectivity index (χ4n) is 2.81. The van der Waals surface area contributed by atoms with Crippen LogP contribution in [-0.4, -0.2) is 4.98 Å². The lowest BCUT2D eigenvalue weighted by Crippen LogP contribution is -1.85. The van der Waals surface area contributed by atoms with Crippen molar-refractivity contribution in [1.29, 1.82) is 0 Å². The molecule has 2 heterocycles. The van der Waals surface area contributed by atoms with Crippen LogP contribution in [0.4, 0.5) is 0 Å². The highest BCUT2D eigenvalue weighted by Crippen LogP contribution is 2.44. The number of thiophene rings is 1. The molecule has 25 heavy (non-hydrogen) atoms. The van der Waals surface area contributed by atoms with Gasteiger partial charge in [0.05, 0.1) is 15.6 Å². The molecule has 0 bridgehead atoms. The molecule has 0 atom stereocenters. The number of nitrogens with zero attached hydrogens (tertiary/aromatic N) is 1. The van der Waals surface area contributed by atoms with Crippen LogP contribution in [0.25, 0.3) is 31.6 Å².